The van der Waals surface area contributed by atoms with E-state index in [0.29, 0.717) is 5.69 Å². The third-order valence-electron chi connectivity index (χ3n) is 3.62. The molecule has 0 radical (unpaired) electrons. The zero-order chi connectivity index (χ0) is 20.2. The van der Waals surface area contributed by atoms with Crippen molar-refractivity contribution >= 4 is 27.6 Å². The van der Waals surface area contributed by atoms with Crippen LogP contribution in [-0.4, -0.2) is 41.7 Å². The topological polar surface area (TPSA) is 125 Å². The van der Waals surface area contributed by atoms with Gasteiger partial charge in [0.05, 0.1) is 26.9 Å². The van der Waals surface area contributed by atoms with Crippen molar-refractivity contribution in [2.45, 2.75) is 4.90 Å². The van der Waals surface area contributed by atoms with Gasteiger partial charge < -0.3 is 19.1 Å². The molecular formula is C17H18N2O7S. The first-order chi connectivity index (χ1) is 12.7. The summed E-state index contributed by atoms with van der Waals surface area (Å²) in [7, 11) is -0.375. The molecule has 0 aromatic heterocycles. The van der Waals surface area contributed by atoms with Gasteiger partial charge in [-0.1, -0.05) is 6.08 Å². The fourth-order valence-corrected chi connectivity index (χ4v) is 3.09. The van der Waals surface area contributed by atoms with Crippen molar-refractivity contribution < 1.29 is 32.2 Å². The molecule has 0 atom stereocenters. The van der Waals surface area contributed by atoms with Crippen molar-refractivity contribution in [3.05, 3.63) is 53.9 Å². The first kappa shape index (κ1) is 20.2. The lowest BCUT2D eigenvalue weighted by Crippen LogP contribution is -2.27. The SMILES string of the molecule is COC(=O)C1=C(C(=O)OC)N(c2ccc(S(N)(=O)=O)c(OC)c2)C=CC=C1. The summed E-state index contributed by atoms with van der Waals surface area (Å²) in [6.45, 7) is 0. The molecule has 0 bridgehead atoms. The van der Waals surface area contributed by atoms with Crippen LogP contribution in [-0.2, 0) is 29.1 Å². The van der Waals surface area contributed by atoms with Crippen LogP contribution in [0.15, 0.2) is 58.8 Å². The molecule has 1 heterocycles. The van der Waals surface area contributed by atoms with E-state index in [-0.39, 0.29) is 21.9 Å². The van der Waals surface area contributed by atoms with Crippen LogP contribution in [0.2, 0.25) is 0 Å². The average molecular weight is 394 g/mol. The Hall–Kier alpha value is -3.11. The first-order valence-corrected chi connectivity index (χ1v) is 9.05. The number of carbonyl (C=O) groups excluding carboxylic acids is 2. The van der Waals surface area contributed by atoms with Crippen molar-refractivity contribution in [2.24, 2.45) is 5.14 Å². The highest BCUT2D eigenvalue weighted by atomic mass is 32.2. The van der Waals surface area contributed by atoms with Gasteiger partial charge in [0.2, 0.25) is 10.0 Å². The third-order valence-corrected chi connectivity index (χ3v) is 4.57. The van der Waals surface area contributed by atoms with Gasteiger partial charge in [-0.25, -0.2) is 23.1 Å². The maximum atomic E-state index is 12.4. The molecule has 2 N–H and O–H groups in total. The Bertz CT molecular complexity index is 961. The Morgan fingerprint density at radius 1 is 1.04 bits per heavy atom. The van der Waals surface area contributed by atoms with E-state index in [1.54, 1.807) is 12.2 Å². The Morgan fingerprint density at radius 3 is 2.26 bits per heavy atom. The Labute approximate surface area is 156 Å². The summed E-state index contributed by atoms with van der Waals surface area (Å²) >= 11 is 0. The van der Waals surface area contributed by atoms with Crippen molar-refractivity contribution in [3.63, 3.8) is 0 Å². The van der Waals surface area contributed by atoms with Gasteiger partial charge in [-0.15, -0.1) is 0 Å². The van der Waals surface area contributed by atoms with Gasteiger partial charge in [0.1, 0.15) is 16.3 Å². The molecule has 1 aliphatic heterocycles. The Morgan fingerprint density at radius 2 is 1.70 bits per heavy atom. The van der Waals surface area contributed by atoms with E-state index in [0.717, 1.165) is 0 Å². The molecule has 1 aromatic rings. The van der Waals surface area contributed by atoms with Gasteiger partial charge in [-0.2, -0.15) is 0 Å². The smallest absolute Gasteiger partial charge is 0.355 e. The predicted molar refractivity (Wildman–Crippen MR) is 96.2 cm³/mol. The zero-order valence-electron chi connectivity index (χ0n) is 14.8. The van der Waals surface area contributed by atoms with Crippen LogP contribution in [0, 0.1) is 0 Å². The molecule has 27 heavy (non-hydrogen) atoms. The first-order valence-electron chi connectivity index (χ1n) is 7.50. The van der Waals surface area contributed by atoms with Crippen LogP contribution in [0.25, 0.3) is 0 Å². The van der Waals surface area contributed by atoms with Crippen LogP contribution in [0.4, 0.5) is 5.69 Å². The number of benzene rings is 1. The highest BCUT2D eigenvalue weighted by Crippen LogP contribution is 2.32. The maximum absolute atomic E-state index is 12.4. The van der Waals surface area contributed by atoms with Crippen molar-refractivity contribution in [1.82, 2.24) is 0 Å². The summed E-state index contributed by atoms with van der Waals surface area (Å²) in [6, 6.07) is 4.02. The van der Waals surface area contributed by atoms with E-state index < -0.39 is 22.0 Å². The van der Waals surface area contributed by atoms with Crippen LogP contribution >= 0.6 is 0 Å². The molecule has 0 fully saturated rings. The molecule has 0 amide bonds. The van der Waals surface area contributed by atoms with Crippen LogP contribution < -0.4 is 14.8 Å². The highest BCUT2D eigenvalue weighted by molar-refractivity contribution is 7.89. The number of nitrogens with two attached hydrogens (primary N) is 1. The number of sulfonamides is 1. The molecule has 10 heteroatoms. The number of methoxy groups -OCH3 is 3. The zero-order valence-corrected chi connectivity index (χ0v) is 15.6. The van der Waals surface area contributed by atoms with Crippen LogP contribution in [0.1, 0.15) is 0 Å². The minimum atomic E-state index is -4.01. The Balaban J connectivity index is 2.71. The standard InChI is InChI=1S/C17H18N2O7S/c1-24-13-10-11(7-8-14(13)27(18,22)23)19-9-5-4-6-12(16(20)25-2)15(19)17(21)26-3/h4-10H,1-3H3,(H2,18,22,23). The molecule has 1 aromatic carbocycles. The van der Waals surface area contributed by atoms with E-state index in [1.165, 1.54) is 56.7 Å². The summed E-state index contributed by atoms with van der Waals surface area (Å²) in [5.74, 6) is -1.56. The third kappa shape index (κ3) is 4.18. The number of ether oxygens (including phenoxy) is 3. The van der Waals surface area contributed by atoms with Gasteiger partial charge in [-0.3, -0.25) is 0 Å². The van der Waals surface area contributed by atoms with Crippen molar-refractivity contribution in [3.8, 4) is 5.75 Å². The number of allylic oxidation sites excluding steroid dienone is 2. The lowest BCUT2D eigenvalue weighted by atomic mass is 10.1. The second-order valence-corrected chi connectivity index (χ2v) is 6.73. The summed E-state index contributed by atoms with van der Waals surface area (Å²) < 4.78 is 38.0. The van der Waals surface area contributed by atoms with Crippen molar-refractivity contribution in [2.75, 3.05) is 26.2 Å². The largest absolute Gasteiger partial charge is 0.495 e. The van der Waals surface area contributed by atoms with Gasteiger partial charge in [0.25, 0.3) is 0 Å². The molecule has 2 rings (SSSR count). The summed E-state index contributed by atoms with van der Waals surface area (Å²) in [6.07, 6.45) is 6.04. The lowest BCUT2D eigenvalue weighted by molar-refractivity contribution is -0.139. The summed E-state index contributed by atoms with van der Waals surface area (Å²) in [4.78, 5) is 25.6. The molecule has 0 aliphatic carbocycles. The molecule has 1 aliphatic rings. The molecule has 0 saturated heterocycles. The average Bonchev–Trinajstić information content (AvgIpc) is 2.88. The Kier molecular flexibility index (Phi) is 6.03. The number of rotatable bonds is 5. The summed E-state index contributed by atoms with van der Waals surface area (Å²) in [5, 5.41) is 5.17. The molecule has 0 unspecified atom stereocenters. The number of carbonyl (C=O) groups is 2. The molecule has 144 valence electrons. The van der Waals surface area contributed by atoms with E-state index in [2.05, 4.69) is 0 Å². The summed E-state index contributed by atoms with van der Waals surface area (Å²) in [5.41, 5.74) is 0.185. The molecule has 0 spiro atoms. The highest BCUT2D eigenvalue weighted by Gasteiger charge is 2.28. The van der Waals surface area contributed by atoms with Gasteiger partial charge in [-0.05, 0) is 24.3 Å². The number of hydrogen-bond donors (Lipinski definition) is 1. The minimum absolute atomic E-state index is 0.0237. The van der Waals surface area contributed by atoms with Gasteiger partial charge >= 0.3 is 11.9 Å². The van der Waals surface area contributed by atoms with Crippen molar-refractivity contribution in [1.29, 1.82) is 0 Å². The van der Waals surface area contributed by atoms with Crippen LogP contribution in [0.3, 0.4) is 0 Å². The van der Waals surface area contributed by atoms with E-state index >= 15 is 0 Å². The lowest BCUT2D eigenvalue weighted by Gasteiger charge is -2.23. The van der Waals surface area contributed by atoms with E-state index in [4.69, 9.17) is 19.3 Å². The second kappa shape index (κ2) is 8.06. The van der Waals surface area contributed by atoms with Gasteiger partial charge in [0, 0.05) is 18.0 Å². The molecule has 0 saturated carbocycles. The molecule has 9 nitrogen and oxygen atoms in total. The number of primary sulfonamides is 1. The second-order valence-electron chi connectivity index (χ2n) is 5.20. The van der Waals surface area contributed by atoms with E-state index in [1.807, 2.05) is 0 Å². The minimum Gasteiger partial charge on any atom is -0.495 e. The fraction of sp³-hybridized carbons (Fsp3) is 0.176. The quantitative estimate of drug-likeness (QED) is 0.728. The van der Waals surface area contributed by atoms with Crippen LogP contribution in [0.5, 0.6) is 5.75 Å². The monoisotopic (exact) mass is 394 g/mol. The number of anilines is 1. The number of esters is 2. The number of hydrogen-bond acceptors (Lipinski definition) is 8. The predicted octanol–water partition coefficient (Wildman–Crippen LogP) is 0.833. The normalized spacial score (nSPS) is 14.0. The molecular weight excluding hydrogens is 376 g/mol. The fourth-order valence-electron chi connectivity index (χ4n) is 2.41. The van der Waals surface area contributed by atoms with Gasteiger partial charge in [0.15, 0.2) is 0 Å². The van der Waals surface area contributed by atoms with E-state index in [9.17, 15) is 18.0 Å². The maximum Gasteiger partial charge on any atom is 0.355 e. The number of nitrogens with zero attached hydrogens (tertiary/aromatic N) is 1.